The Kier molecular flexibility index (Phi) is 3.17. The van der Waals surface area contributed by atoms with E-state index in [9.17, 15) is 0 Å². The lowest BCUT2D eigenvalue weighted by Crippen LogP contribution is -2.21. The predicted molar refractivity (Wildman–Crippen MR) is 59.1 cm³/mol. The minimum Gasteiger partial charge on any atom is -0.320 e. The van der Waals surface area contributed by atoms with Crippen LogP contribution >= 0.6 is 0 Å². The van der Waals surface area contributed by atoms with Gasteiger partial charge in [-0.25, -0.2) is 0 Å². The first-order valence-electron chi connectivity index (χ1n) is 5.34. The first kappa shape index (κ1) is 9.69. The Morgan fingerprint density at radius 1 is 1.21 bits per heavy atom. The molecule has 1 N–H and O–H groups in total. The van der Waals surface area contributed by atoms with Gasteiger partial charge in [-0.15, -0.1) is 0 Å². The van der Waals surface area contributed by atoms with Crippen molar-refractivity contribution in [2.45, 2.75) is 19.5 Å². The highest BCUT2D eigenvalue weighted by Gasteiger charge is 2.16. The highest BCUT2D eigenvalue weighted by molar-refractivity contribution is 5.30. The zero-order valence-electron chi connectivity index (χ0n) is 8.79. The van der Waals surface area contributed by atoms with Crippen molar-refractivity contribution in [3.63, 3.8) is 0 Å². The van der Waals surface area contributed by atoms with Gasteiger partial charge >= 0.3 is 0 Å². The third kappa shape index (κ3) is 2.14. The molecule has 0 aromatic heterocycles. The third-order valence-electron chi connectivity index (χ3n) is 2.81. The lowest BCUT2D eigenvalue weighted by atomic mass is 10.1. The quantitative estimate of drug-likeness (QED) is 0.726. The molecule has 2 heteroatoms. The van der Waals surface area contributed by atoms with Crippen LogP contribution in [0.25, 0.3) is 0 Å². The van der Waals surface area contributed by atoms with Crippen LogP contribution in [0.3, 0.4) is 0 Å². The molecular weight excluding hydrogens is 172 g/mol. The molecule has 0 unspecified atom stereocenters. The molecule has 2 rings (SSSR count). The van der Waals surface area contributed by atoms with Gasteiger partial charge in [-0.3, -0.25) is 4.90 Å². The van der Waals surface area contributed by atoms with Crippen molar-refractivity contribution in [1.29, 1.82) is 0 Å². The van der Waals surface area contributed by atoms with Gasteiger partial charge in [0.25, 0.3) is 0 Å². The molecule has 1 aliphatic heterocycles. The molecule has 0 bridgehead atoms. The summed E-state index contributed by atoms with van der Waals surface area (Å²) in [6.07, 6.45) is 1.24. The highest BCUT2D eigenvalue weighted by Crippen LogP contribution is 2.21. The number of fused-ring (bicyclic) bond motifs is 1. The van der Waals surface area contributed by atoms with Crippen LogP contribution in [0.15, 0.2) is 24.3 Å². The summed E-state index contributed by atoms with van der Waals surface area (Å²) in [7, 11) is 2.01. The van der Waals surface area contributed by atoms with Crippen LogP contribution in [0.5, 0.6) is 0 Å². The van der Waals surface area contributed by atoms with Crippen LogP contribution in [-0.2, 0) is 13.1 Å². The van der Waals surface area contributed by atoms with Gasteiger partial charge in [0.1, 0.15) is 0 Å². The van der Waals surface area contributed by atoms with Crippen LogP contribution in [0.4, 0.5) is 0 Å². The van der Waals surface area contributed by atoms with Gasteiger partial charge in [0, 0.05) is 19.6 Å². The maximum absolute atomic E-state index is 3.19. The fraction of sp³-hybridized carbons (Fsp3) is 0.500. The molecule has 0 amide bonds. The van der Waals surface area contributed by atoms with E-state index in [1.54, 1.807) is 0 Å². The number of hydrogen-bond acceptors (Lipinski definition) is 2. The Balaban J connectivity index is 1.86. The average Bonchev–Trinajstić information content (AvgIpc) is 2.60. The summed E-state index contributed by atoms with van der Waals surface area (Å²) >= 11 is 0. The van der Waals surface area contributed by atoms with E-state index in [4.69, 9.17) is 0 Å². The lowest BCUT2D eigenvalue weighted by Gasteiger charge is -2.13. The first-order valence-corrected chi connectivity index (χ1v) is 5.34. The number of hydrogen-bond donors (Lipinski definition) is 1. The van der Waals surface area contributed by atoms with E-state index in [0.29, 0.717) is 0 Å². The molecule has 1 aromatic rings. The summed E-state index contributed by atoms with van der Waals surface area (Å²) in [5, 5.41) is 3.19. The molecule has 0 fully saturated rings. The van der Waals surface area contributed by atoms with Crippen molar-refractivity contribution in [2.24, 2.45) is 0 Å². The second kappa shape index (κ2) is 4.58. The maximum atomic E-state index is 3.19. The van der Waals surface area contributed by atoms with Crippen molar-refractivity contribution < 1.29 is 0 Å². The zero-order valence-corrected chi connectivity index (χ0v) is 8.79. The van der Waals surface area contributed by atoms with Crippen molar-refractivity contribution in [2.75, 3.05) is 20.1 Å². The number of benzene rings is 1. The van der Waals surface area contributed by atoms with Crippen molar-refractivity contribution in [3.8, 4) is 0 Å². The Bertz CT molecular complexity index is 271. The normalized spacial score (nSPS) is 15.8. The zero-order chi connectivity index (χ0) is 9.80. The lowest BCUT2D eigenvalue weighted by molar-refractivity contribution is 0.280. The third-order valence-corrected chi connectivity index (χ3v) is 2.81. The molecule has 76 valence electrons. The summed E-state index contributed by atoms with van der Waals surface area (Å²) in [5.74, 6) is 0. The molecule has 0 atom stereocenters. The number of nitrogens with zero attached hydrogens (tertiary/aromatic N) is 1. The van der Waals surface area contributed by atoms with Gasteiger partial charge in [0.2, 0.25) is 0 Å². The topological polar surface area (TPSA) is 15.3 Å². The van der Waals surface area contributed by atoms with E-state index in [0.717, 1.165) is 19.6 Å². The van der Waals surface area contributed by atoms with E-state index in [-0.39, 0.29) is 0 Å². The fourth-order valence-corrected chi connectivity index (χ4v) is 2.04. The first-order chi connectivity index (χ1) is 6.90. The Morgan fingerprint density at radius 3 is 2.43 bits per heavy atom. The molecule has 0 saturated heterocycles. The second-order valence-electron chi connectivity index (χ2n) is 3.94. The van der Waals surface area contributed by atoms with E-state index in [2.05, 4.69) is 34.5 Å². The molecule has 0 saturated carbocycles. The minimum atomic E-state index is 1.12. The van der Waals surface area contributed by atoms with Crippen molar-refractivity contribution in [1.82, 2.24) is 10.2 Å². The van der Waals surface area contributed by atoms with Gasteiger partial charge in [-0.05, 0) is 31.1 Å². The summed E-state index contributed by atoms with van der Waals surface area (Å²) in [6, 6.07) is 8.76. The smallest absolute Gasteiger partial charge is 0.0240 e. The van der Waals surface area contributed by atoms with Crippen LogP contribution < -0.4 is 5.32 Å². The summed E-state index contributed by atoms with van der Waals surface area (Å²) < 4.78 is 0. The monoisotopic (exact) mass is 190 g/mol. The van der Waals surface area contributed by atoms with Crippen LogP contribution in [0, 0.1) is 0 Å². The standard InChI is InChI=1S/C12H18N2/c1-13-7-4-8-14-9-11-5-2-3-6-12(11)10-14/h2-3,5-6,13H,4,7-10H2,1H3. The van der Waals surface area contributed by atoms with Crippen molar-refractivity contribution in [3.05, 3.63) is 35.4 Å². The summed E-state index contributed by atoms with van der Waals surface area (Å²) in [6.45, 7) is 4.60. The summed E-state index contributed by atoms with van der Waals surface area (Å²) in [5.41, 5.74) is 3.02. The van der Waals surface area contributed by atoms with E-state index in [1.807, 2.05) is 7.05 Å². The minimum absolute atomic E-state index is 1.12. The van der Waals surface area contributed by atoms with Gasteiger partial charge < -0.3 is 5.32 Å². The highest BCUT2D eigenvalue weighted by atomic mass is 15.1. The fourth-order valence-electron chi connectivity index (χ4n) is 2.04. The van der Waals surface area contributed by atoms with E-state index >= 15 is 0 Å². The number of nitrogens with one attached hydrogen (secondary N) is 1. The summed E-state index contributed by atoms with van der Waals surface area (Å²) in [4.78, 5) is 2.52. The van der Waals surface area contributed by atoms with Crippen molar-refractivity contribution >= 4 is 0 Å². The molecule has 14 heavy (non-hydrogen) atoms. The van der Waals surface area contributed by atoms with Gasteiger partial charge in [-0.1, -0.05) is 24.3 Å². The van der Waals surface area contributed by atoms with Gasteiger partial charge in [0.15, 0.2) is 0 Å². The Morgan fingerprint density at radius 2 is 1.86 bits per heavy atom. The molecule has 1 heterocycles. The molecule has 1 aromatic carbocycles. The van der Waals surface area contributed by atoms with Gasteiger partial charge in [0.05, 0.1) is 0 Å². The van der Waals surface area contributed by atoms with E-state index < -0.39 is 0 Å². The molecule has 0 radical (unpaired) electrons. The SMILES string of the molecule is CNCCCN1Cc2ccccc2C1. The largest absolute Gasteiger partial charge is 0.320 e. The average molecular weight is 190 g/mol. The predicted octanol–water partition coefficient (Wildman–Crippen LogP) is 1.61. The Labute approximate surface area is 85.9 Å². The molecule has 0 aliphatic carbocycles. The molecule has 0 spiro atoms. The van der Waals surface area contributed by atoms with Crippen LogP contribution in [-0.4, -0.2) is 25.0 Å². The molecular formula is C12H18N2. The molecule has 2 nitrogen and oxygen atoms in total. The van der Waals surface area contributed by atoms with Crippen LogP contribution in [0.2, 0.25) is 0 Å². The molecule has 1 aliphatic rings. The second-order valence-corrected chi connectivity index (χ2v) is 3.94. The van der Waals surface area contributed by atoms with Crippen LogP contribution in [0.1, 0.15) is 17.5 Å². The Hall–Kier alpha value is -0.860. The maximum Gasteiger partial charge on any atom is 0.0240 e. The van der Waals surface area contributed by atoms with Gasteiger partial charge in [-0.2, -0.15) is 0 Å². The number of rotatable bonds is 4. The van der Waals surface area contributed by atoms with E-state index in [1.165, 1.54) is 24.1 Å².